The molecule has 5 heteroatoms. The first-order valence-corrected chi connectivity index (χ1v) is 4.42. The van der Waals surface area contributed by atoms with Gasteiger partial charge in [-0.15, -0.1) is 0 Å². The van der Waals surface area contributed by atoms with E-state index in [4.69, 9.17) is 14.8 Å². The molecule has 0 aromatic carbocycles. The molecule has 4 nitrogen and oxygen atoms in total. The van der Waals surface area contributed by atoms with Crippen LogP contribution in [0.3, 0.4) is 0 Å². The van der Waals surface area contributed by atoms with E-state index >= 15 is 0 Å². The van der Waals surface area contributed by atoms with Crippen LogP contribution in [-0.4, -0.2) is 29.7 Å². The van der Waals surface area contributed by atoms with Gasteiger partial charge in [0.05, 0.1) is 6.61 Å². The quantitative estimate of drug-likeness (QED) is 0.480. The molecule has 0 fully saturated rings. The number of esters is 1. The Morgan fingerprint density at radius 1 is 1.54 bits per heavy atom. The van der Waals surface area contributed by atoms with E-state index in [1.807, 2.05) is 0 Å². The van der Waals surface area contributed by atoms with E-state index in [0.717, 1.165) is 6.42 Å². The van der Waals surface area contributed by atoms with Crippen LogP contribution < -0.4 is 0 Å². The molecular formula is C8H13BO4. The summed E-state index contributed by atoms with van der Waals surface area (Å²) in [5.41, 5.74) is 0.857. The van der Waals surface area contributed by atoms with Gasteiger partial charge in [0.25, 0.3) is 0 Å². The molecular weight excluding hydrogens is 171 g/mol. The van der Waals surface area contributed by atoms with Gasteiger partial charge in [0.2, 0.25) is 0 Å². The van der Waals surface area contributed by atoms with Gasteiger partial charge in [0, 0.05) is 5.57 Å². The summed E-state index contributed by atoms with van der Waals surface area (Å²) in [6.45, 7) is 2.04. The van der Waals surface area contributed by atoms with Gasteiger partial charge in [-0.2, -0.15) is 0 Å². The van der Waals surface area contributed by atoms with Gasteiger partial charge >= 0.3 is 13.1 Å². The first kappa shape index (κ1) is 10.3. The maximum absolute atomic E-state index is 11.3. The van der Waals surface area contributed by atoms with Crippen LogP contribution in [0, 0.1) is 0 Å². The molecule has 1 aliphatic rings. The lowest BCUT2D eigenvalue weighted by Gasteiger charge is -2.05. The molecule has 0 amide bonds. The van der Waals surface area contributed by atoms with Gasteiger partial charge in [0.1, 0.15) is 0 Å². The van der Waals surface area contributed by atoms with Gasteiger partial charge < -0.3 is 14.8 Å². The summed E-state index contributed by atoms with van der Waals surface area (Å²) in [5.74, 6) is -0.414. The van der Waals surface area contributed by atoms with Crippen LogP contribution >= 0.6 is 0 Å². The average Bonchev–Trinajstić information content (AvgIpc) is 2.52. The Kier molecular flexibility index (Phi) is 3.51. The van der Waals surface area contributed by atoms with Gasteiger partial charge in [-0.1, -0.05) is 0 Å². The fourth-order valence-corrected chi connectivity index (χ4v) is 1.50. The van der Waals surface area contributed by atoms with Crippen molar-refractivity contribution in [3.05, 3.63) is 11.0 Å². The lowest BCUT2D eigenvalue weighted by atomic mass is 9.77. The Hall–Kier alpha value is -0.805. The van der Waals surface area contributed by atoms with E-state index in [9.17, 15) is 4.79 Å². The number of allylic oxidation sites excluding steroid dienone is 1. The van der Waals surface area contributed by atoms with Crippen LogP contribution in [0.2, 0.25) is 0 Å². The molecule has 0 aromatic heterocycles. The van der Waals surface area contributed by atoms with Crippen molar-refractivity contribution in [2.45, 2.75) is 26.2 Å². The molecule has 0 saturated heterocycles. The summed E-state index contributed by atoms with van der Waals surface area (Å²) in [6, 6.07) is 0. The second kappa shape index (κ2) is 4.44. The van der Waals surface area contributed by atoms with E-state index in [-0.39, 0.29) is 0 Å². The largest absolute Gasteiger partial charge is 0.484 e. The van der Waals surface area contributed by atoms with Gasteiger partial charge in [-0.3, -0.25) is 0 Å². The highest BCUT2D eigenvalue weighted by molar-refractivity contribution is 6.51. The molecule has 0 unspecified atom stereocenters. The highest BCUT2D eigenvalue weighted by atomic mass is 16.5. The van der Waals surface area contributed by atoms with Crippen molar-refractivity contribution in [1.82, 2.24) is 0 Å². The van der Waals surface area contributed by atoms with Crippen LogP contribution in [0.5, 0.6) is 0 Å². The van der Waals surface area contributed by atoms with E-state index < -0.39 is 13.1 Å². The first-order valence-electron chi connectivity index (χ1n) is 4.42. The Morgan fingerprint density at radius 3 is 2.77 bits per heavy atom. The van der Waals surface area contributed by atoms with Crippen molar-refractivity contribution in [2.75, 3.05) is 6.61 Å². The second-order valence-electron chi connectivity index (χ2n) is 2.95. The van der Waals surface area contributed by atoms with Crippen molar-refractivity contribution in [1.29, 1.82) is 0 Å². The molecule has 1 rings (SSSR count). The molecule has 0 aliphatic heterocycles. The Bertz CT molecular complexity index is 234. The predicted octanol–water partition coefficient (Wildman–Crippen LogP) is 0.0420. The topological polar surface area (TPSA) is 66.8 Å². The monoisotopic (exact) mass is 184 g/mol. The zero-order valence-corrected chi connectivity index (χ0v) is 7.62. The number of carbonyl (C=O) groups excluding carboxylic acids is 1. The summed E-state index contributed by atoms with van der Waals surface area (Å²) >= 11 is 0. The molecule has 0 atom stereocenters. The van der Waals surface area contributed by atoms with Gasteiger partial charge in [-0.25, -0.2) is 4.79 Å². The SMILES string of the molecule is CCOC(=O)C1=C(B(O)O)CCC1. The average molecular weight is 184 g/mol. The minimum absolute atomic E-state index is 0.317. The lowest BCUT2D eigenvalue weighted by molar-refractivity contribution is -0.138. The minimum Gasteiger partial charge on any atom is -0.463 e. The normalized spacial score (nSPS) is 16.2. The third kappa shape index (κ3) is 2.32. The molecule has 72 valence electrons. The molecule has 2 N–H and O–H groups in total. The number of rotatable bonds is 3. The maximum atomic E-state index is 11.3. The van der Waals surface area contributed by atoms with Crippen molar-refractivity contribution in [3.8, 4) is 0 Å². The van der Waals surface area contributed by atoms with E-state index in [1.165, 1.54) is 0 Å². The first-order chi connectivity index (χ1) is 6.16. The molecule has 0 spiro atoms. The second-order valence-corrected chi connectivity index (χ2v) is 2.95. The highest BCUT2D eigenvalue weighted by Gasteiger charge is 2.28. The van der Waals surface area contributed by atoms with E-state index in [0.29, 0.717) is 30.5 Å². The van der Waals surface area contributed by atoms with Crippen LogP contribution in [0.25, 0.3) is 0 Å². The minimum atomic E-state index is -1.51. The number of hydrogen-bond acceptors (Lipinski definition) is 4. The number of hydrogen-bond donors (Lipinski definition) is 2. The Labute approximate surface area is 77.4 Å². The predicted molar refractivity (Wildman–Crippen MR) is 47.7 cm³/mol. The molecule has 0 heterocycles. The van der Waals surface area contributed by atoms with Crippen LogP contribution in [-0.2, 0) is 9.53 Å². The summed E-state index contributed by atoms with van der Waals surface area (Å²) in [4.78, 5) is 11.3. The van der Waals surface area contributed by atoms with E-state index in [1.54, 1.807) is 6.92 Å². The lowest BCUT2D eigenvalue weighted by Crippen LogP contribution is -2.18. The number of carbonyl (C=O) groups is 1. The fraction of sp³-hybridized carbons (Fsp3) is 0.625. The Morgan fingerprint density at radius 2 is 2.23 bits per heavy atom. The van der Waals surface area contributed by atoms with Crippen LogP contribution in [0.4, 0.5) is 0 Å². The maximum Gasteiger partial charge on any atom is 0.484 e. The molecule has 1 aliphatic carbocycles. The summed E-state index contributed by atoms with van der Waals surface area (Å²) in [6.07, 6.45) is 1.96. The highest BCUT2D eigenvalue weighted by Crippen LogP contribution is 2.27. The summed E-state index contributed by atoms with van der Waals surface area (Å²) < 4.78 is 4.79. The third-order valence-corrected chi connectivity index (χ3v) is 2.09. The van der Waals surface area contributed by atoms with Crippen LogP contribution in [0.1, 0.15) is 26.2 Å². The van der Waals surface area contributed by atoms with Crippen molar-refractivity contribution >= 4 is 13.1 Å². The summed E-state index contributed by atoms with van der Waals surface area (Å²) in [7, 11) is -1.51. The Balaban J connectivity index is 2.75. The molecule has 0 bridgehead atoms. The summed E-state index contributed by atoms with van der Waals surface area (Å²) in [5, 5.41) is 17.9. The van der Waals surface area contributed by atoms with Crippen LogP contribution in [0.15, 0.2) is 11.0 Å². The van der Waals surface area contributed by atoms with Crippen molar-refractivity contribution < 1.29 is 19.6 Å². The smallest absolute Gasteiger partial charge is 0.463 e. The fourth-order valence-electron chi connectivity index (χ4n) is 1.50. The number of ether oxygens (including phenoxy) is 1. The molecule has 0 saturated carbocycles. The van der Waals surface area contributed by atoms with E-state index in [2.05, 4.69) is 0 Å². The van der Waals surface area contributed by atoms with Gasteiger partial charge in [-0.05, 0) is 31.7 Å². The zero-order chi connectivity index (χ0) is 9.84. The molecule has 0 aromatic rings. The zero-order valence-electron chi connectivity index (χ0n) is 7.62. The third-order valence-electron chi connectivity index (χ3n) is 2.09. The van der Waals surface area contributed by atoms with Crippen molar-refractivity contribution in [3.63, 3.8) is 0 Å². The standard InChI is InChI=1S/C8H13BO4/c1-2-13-8(10)6-4-3-5-7(6)9(11)12/h11-12H,2-5H2,1H3. The molecule has 13 heavy (non-hydrogen) atoms. The van der Waals surface area contributed by atoms with Gasteiger partial charge in [0.15, 0.2) is 0 Å². The van der Waals surface area contributed by atoms with Crippen molar-refractivity contribution in [2.24, 2.45) is 0 Å². The molecule has 0 radical (unpaired) electrons.